The highest BCUT2D eigenvalue weighted by Crippen LogP contribution is 2.31. The maximum atomic E-state index is 13.0. The topological polar surface area (TPSA) is 101 Å². The number of carbonyl (C=O) groups is 2. The lowest BCUT2D eigenvalue weighted by Crippen LogP contribution is -2.23. The molecule has 0 unspecified atom stereocenters. The lowest BCUT2D eigenvalue weighted by Gasteiger charge is -2.16. The highest BCUT2D eigenvalue weighted by Gasteiger charge is 2.20. The Morgan fingerprint density at radius 1 is 1.29 bits per heavy atom. The van der Waals surface area contributed by atoms with E-state index in [9.17, 15) is 9.59 Å². The van der Waals surface area contributed by atoms with Crippen molar-refractivity contribution in [1.82, 2.24) is 20.2 Å². The van der Waals surface area contributed by atoms with Gasteiger partial charge in [0, 0.05) is 16.7 Å². The van der Waals surface area contributed by atoms with E-state index in [-0.39, 0.29) is 5.69 Å². The van der Waals surface area contributed by atoms with Crippen LogP contribution >= 0.6 is 43.5 Å². The molecule has 0 spiro atoms. The van der Waals surface area contributed by atoms with Gasteiger partial charge in [0.15, 0.2) is 5.82 Å². The van der Waals surface area contributed by atoms with E-state index >= 15 is 0 Å². The molecule has 11 heteroatoms. The van der Waals surface area contributed by atoms with Gasteiger partial charge in [-0.1, -0.05) is 27.5 Å². The van der Waals surface area contributed by atoms with Crippen LogP contribution in [-0.4, -0.2) is 27.1 Å². The Morgan fingerprint density at radius 2 is 2.07 bits per heavy atom. The third-order valence-electron chi connectivity index (χ3n) is 3.66. The van der Waals surface area contributed by atoms with Gasteiger partial charge in [0.25, 0.3) is 5.91 Å². The minimum Gasteiger partial charge on any atom is -0.319 e. The summed E-state index contributed by atoms with van der Waals surface area (Å²) in [4.78, 5) is 27.8. The van der Waals surface area contributed by atoms with Gasteiger partial charge in [0.1, 0.15) is 10.3 Å². The maximum Gasteiger partial charge on any atom is 0.274 e. The lowest BCUT2D eigenvalue weighted by molar-refractivity contribution is -0.109. The zero-order valence-electron chi connectivity index (χ0n) is 14.3. The van der Waals surface area contributed by atoms with Crippen LogP contribution in [0.1, 0.15) is 16.1 Å². The number of halogens is 3. The fraction of sp³-hybridized carbons (Fsp3) is 0.0588. The normalized spacial score (nSPS) is 10.4. The molecule has 0 aliphatic carbocycles. The second-order valence-corrected chi connectivity index (χ2v) is 7.69. The lowest BCUT2D eigenvalue weighted by atomic mass is 10.1. The summed E-state index contributed by atoms with van der Waals surface area (Å²) < 4.78 is 2.59. The molecule has 0 fully saturated rings. The molecule has 3 aromatic rings. The van der Waals surface area contributed by atoms with Crippen molar-refractivity contribution in [2.24, 2.45) is 0 Å². The summed E-state index contributed by atoms with van der Waals surface area (Å²) in [7, 11) is 0. The number of hydrogen-bond donors (Lipinski definition) is 3. The number of hydrogen-bond acceptors (Lipinski definition) is 5. The molecule has 0 aliphatic rings. The third kappa shape index (κ3) is 4.34. The molecule has 0 saturated heterocycles. The van der Waals surface area contributed by atoms with Gasteiger partial charge in [0.05, 0.1) is 16.4 Å². The van der Waals surface area contributed by atoms with Crippen LogP contribution in [0.4, 0.5) is 11.4 Å². The number of nitrogens with zero attached hydrogens (tertiary/aromatic N) is 3. The van der Waals surface area contributed by atoms with Gasteiger partial charge in [-0.25, -0.2) is 9.67 Å². The number of aryl methyl sites for hydroxylation is 1. The highest BCUT2D eigenvalue weighted by atomic mass is 79.9. The van der Waals surface area contributed by atoms with E-state index in [1.165, 1.54) is 4.68 Å². The molecule has 0 saturated carbocycles. The Balaban J connectivity index is 1.99. The molecule has 3 rings (SSSR count). The predicted molar refractivity (Wildman–Crippen MR) is 114 cm³/mol. The Morgan fingerprint density at radius 3 is 2.79 bits per heavy atom. The first-order valence-corrected chi connectivity index (χ1v) is 9.80. The number of rotatable bonds is 6. The molecular weight excluding hydrogens is 515 g/mol. The molecular formula is C17H13Br2ClN6O2. The number of benzene rings is 1. The third-order valence-corrected chi connectivity index (χ3v) is 4.80. The van der Waals surface area contributed by atoms with E-state index in [4.69, 9.17) is 11.6 Å². The van der Waals surface area contributed by atoms with Crippen molar-refractivity contribution in [3.63, 3.8) is 0 Å². The van der Waals surface area contributed by atoms with Crippen molar-refractivity contribution in [3.8, 4) is 5.82 Å². The number of anilines is 2. The van der Waals surface area contributed by atoms with Crippen LogP contribution in [0.15, 0.2) is 45.6 Å². The standard InChI is InChI=1S/C17H13Br2ClN6O2/c1-9-5-10(18)6-12(24-22-8-27)15(9)23-17(28)13-7-14(19)25-26(13)16-11(20)3-2-4-21-16/h2-8,24H,1H3,(H,22,27)(H,23,28). The number of nitrogens with one attached hydrogen (secondary N) is 3. The van der Waals surface area contributed by atoms with Crippen molar-refractivity contribution in [2.75, 3.05) is 10.7 Å². The van der Waals surface area contributed by atoms with Gasteiger partial charge in [-0.05, 0) is 52.7 Å². The fourth-order valence-electron chi connectivity index (χ4n) is 2.50. The van der Waals surface area contributed by atoms with Gasteiger partial charge in [-0.15, -0.1) is 0 Å². The molecule has 1 aromatic carbocycles. The number of amides is 2. The van der Waals surface area contributed by atoms with Gasteiger partial charge < -0.3 is 5.32 Å². The SMILES string of the molecule is Cc1cc(Br)cc(NNC=O)c1NC(=O)c1cc(Br)nn1-c1ncccc1Cl. The van der Waals surface area contributed by atoms with Crippen LogP contribution in [0.25, 0.3) is 5.82 Å². The molecule has 0 aliphatic heterocycles. The van der Waals surface area contributed by atoms with Gasteiger partial charge >= 0.3 is 0 Å². The predicted octanol–water partition coefficient (Wildman–Crippen LogP) is 4.08. The fourth-order valence-corrected chi connectivity index (χ4v) is 3.65. The summed E-state index contributed by atoms with van der Waals surface area (Å²) in [6.07, 6.45) is 2.06. The first-order valence-electron chi connectivity index (χ1n) is 7.84. The van der Waals surface area contributed by atoms with Crippen molar-refractivity contribution in [2.45, 2.75) is 6.92 Å². The zero-order valence-corrected chi connectivity index (χ0v) is 18.3. The number of pyridine rings is 1. The van der Waals surface area contributed by atoms with Crippen LogP contribution in [0.3, 0.4) is 0 Å². The first kappa shape index (κ1) is 20.3. The Hall–Kier alpha value is -2.43. The van der Waals surface area contributed by atoms with E-state index < -0.39 is 5.91 Å². The summed E-state index contributed by atoms with van der Waals surface area (Å²) in [6.45, 7) is 1.83. The Labute approximate surface area is 181 Å². The molecule has 8 nitrogen and oxygen atoms in total. The number of aromatic nitrogens is 3. The average Bonchev–Trinajstić information content (AvgIpc) is 3.04. The monoisotopic (exact) mass is 526 g/mol. The van der Waals surface area contributed by atoms with Crippen LogP contribution in [-0.2, 0) is 4.79 Å². The molecule has 0 bridgehead atoms. The maximum absolute atomic E-state index is 13.0. The van der Waals surface area contributed by atoms with Crippen molar-refractivity contribution in [3.05, 3.63) is 61.9 Å². The van der Waals surface area contributed by atoms with E-state index in [1.807, 2.05) is 13.0 Å². The minimum absolute atomic E-state index is 0.226. The van der Waals surface area contributed by atoms with E-state index in [1.54, 1.807) is 30.5 Å². The number of carbonyl (C=O) groups excluding carboxylic acids is 2. The largest absolute Gasteiger partial charge is 0.319 e. The molecule has 3 N–H and O–H groups in total. The second kappa shape index (κ2) is 8.72. The summed E-state index contributed by atoms with van der Waals surface area (Å²) >= 11 is 12.9. The summed E-state index contributed by atoms with van der Waals surface area (Å²) in [5, 5.41) is 7.45. The molecule has 2 aromatic heterocycles. The zero-order chi connectivity index (χ0) is 20.3. The molecule has 2 heterocycles. The van der Waals surface area contributed by atoms with E-state index in [0.717, 1.165) is 10.0 Å². The van der Waals surface area contributed by atoms with Crippen LogP contribution in [0, 0.1) is 6.92 Å². The van der Waals surface area contributed by atoms with Crippen molar-refractivity contribution in [1.29, 1.82) is 0 Å². The summed E-state index contributed by atoms with van der Waals surface area (Å²) in [6, 6.07) is 8.47. The average molecular weight is 529 g/mol. The first-order chi connectivity index (χ1) is 13.4. The van der Waals surface area contributed by atoms with Crippen LogP contribution in [0.2, 0.25) is 5.02 Å². The van der Waals surface area contributed by atoms with Crippen LogP contribution < -0.4 is 16.2 Å². The van der Waals surface area contributed by atoms with Crippen LogP contribution in [0.5, 0.6) is 0 Å². The van der Waals surface area contributed by atoms with Crippen molar-refractivity contribution >= 4 is 67.2 Å². The van der Waals surface area contributed by atoms with Crippen molar-refractivity contribution < 1.29 is 9.59 Å². The van der Waals surface area contributed by atoms with E-state index in [0.29, 0.717) is 33.2 Å². The molecule has 28 heavy (non-hydrogen) atoms. The van der Waals surface area contributed by atoms with Gasteiger partial charge in [-0.2, -0.15) is 5.10 Å². The summed E-state index contributed by atoms with van der Waals surface area (Å²) in [5.74, 6) is -0.104. The summed E-state index contributed by atoms with van der Waals surface area (Å²) in [5.41, 5.74) is 7.11. The quantitative estimate of drug-likeness (QED) is 0.331. The minimum atomic E-state index is -0.431. The molecule has 0 radical (unpaired) electrons. The van der Waals surface area contributed by atoms with Gasteiger partial charge in [0.2, 0.25) is 6.41 Å². The molecule has 144 valence electrons. The number of hydrazine groups is 1. The molecule has 0 atom stereocenters. The second-order valence-electron chi connectivity index (χ2n) is 5.56. The highest BCUT2D eigenvalue weighted by molar-refractivity contribution is 9.10. The van der Waals surface area contributed by atoms with Gasteiger partial charge in [-0.3, -0.25) is 20.4 Å². The Kier molecular flexibility index (Phi) is 6.32. The smallest absolute Gasteiger partial charge is 0.274 e. The molecule has 2 amide bonds. The van der Waals surface area contributed by atoms with E-state index in [2.05, 4.69) is 58.1 Å². The Bertz CT molecular complexity index is 1060.